The van der Waals surface area contributed by atoms with Gasteiger partial charge in [0, 0.05) is 43.8 Å². The van der Waals surface area contributed by atoms with Crippen molar-refractivity contribution in [3.8, 4) is 0 Å². The zero-order valence-electron chi connectivity index (χ0n) is 25.4. The maximum absolute atomic E-state index is 14.2. The van der Waals surface area contributed by atoms with E-state index in [-0.39, 0.29) is 11.9 Å². The van der Waals surface area contributed by atoms with E-state index in [1.54, 1.807) is 4.90 Å². The van der Waals surface area contributed by atoms with Gasteiger partial charge in [-0.1, -0.05) is 63.7 Å². The number of urea groups is 1. The van der Waals surface area contributed by atoms with Crippen LogP contribution in [-0.4, -0.2) is 88.0 Å². The van der Waals surface area contributed by atoms with Crippen molar-refractivity contribution in [3.05, 3.63) is 65.4 Å². The fraction of sp³-hybridized carbons (Fsp3) is 0.448. The van der Waals surface area contributed by atoms with Gasteiger partial charge in [-0.2, -0.15) is 26.3 Å². The van der Waals surface area contributed by atoms with Gasteiger partial charge < -0.3 is 26.6 Å². The van der Waals surface area contributed by atoms with Crippen LogP contribution in [0.4, 0.5) is 31.1 Å². The SMILES string of the molecule is NCCCCN1C(=O)N(CCCCN)C(Cc2cc(Br)cc(Br)c2)(Cc2cc(Br)cc(Br)c2)C1=O.O=C(O)C(F)(F)F.O=C(O)C(F)(F)F. The molecule has 1 saturated heterocycles. The number of halogens is 10. The molecule has 2 aromatic rings. The van der Waals surface area contributed by atoms with Crippen LogP contribution in [0.3, 0.4) is 0 Å². The van der Waals surface area contributed by atoms with Crippen LogP contribution in [0.5, 0.6) is 0 Å². The highest BCUT2D eigenvalue weighted by Gasteiger charge is 2.56. The summed E-state index contributed by atoms with van der Waals surface area (Å²) in [6, 6.07) is 11.7. The summed E-state index contributed by atoms with van der Waals surface area (Å²) in [6.45, 7) is 1.91. The second-order valence-corrected chi connectivity index (χ2v) is 14.1. The molecule has 1 fully saturated rings. The Morgan fingerprint density at radius 2 is 0.980 bits per heavy atom. The van der Waals surface area contributed by atoms with Crippen LogP contribution in [0.1, 0.15) is 36.8 Å². The van der Waals surface area contributed by atoms with Gasteiger partial charge in [0.25, 0.3) is 5.91 Å². The Morgan fingerprint density at radius 1 is 0.653 bits per heavy atom. The highest BCUT2D eigenvalue weighted by Crippen LogP contribution is 2.38. The Hall–Kier alpha value is -2.26. The smallest absolute Gasteiger partial charge is 0.475 e. The van der Waals surface area contributed by atoms with Crippen molar-refractivity contribution < 1.29 is 55.7 Å². The molecule has 0 spiro atoms. The van der Waals surface area contributed by atoms with Crippen LogP contribution in [0.2, 0.25) is 0 Å². The fourth-order valence-electron chi connectivity index (χ4n) is 4.62. The summed E-state index contributed by atoms with van der Waals surface area (Å²) < 4.78 is 67.1. The first-order chi connectivity index (χ1) is 22.6. The van der Waals surface area contributed by atoms with Crippen molar-refractivity contribution in [1.82, 2.24) is 9.80 Å². The van der Waals surface area contributed by atoms with Crippen LogP contribution in [-0.2, 0) is 27.2 Å². The molecule has 2 aromatic carbocycles. The lowest BCUT2D eigenvalue weighted by atomic mass is 9.83. The van der Waals surface area contributed by atoms with Crippen LogP contribution < -0.4 is 11.5 Å². The number of imide groups is 1. The van der Waals surface area contributed by atoms with Gasteiger partial charge in [-0.25, -0.2) is 14.4 Å². The molecule has 0 bridgehead atoms. The van der Waals surface area contributed by atoms with Crippen LogP contribution >= 0.6 is 63.7 Å². The number of alkyl halides is 6. The number of hydrogen-bond acceptors (Lipinski definition) is 6. The average Bonchev–Trinajstić information content (AvgIpc) is 3.12. The lowest BCUT2D eigenvalue weighted by Crippen LogP contribution is -2.53. The maximum Gasteiger partial charge on any atom is 0.490 e. The second-order valence-electron chi connectivity index (χ2n) is 10.4. The molecule has 0 radical (unpaired) electrons. The lowest BCUT2D eigenvalue weighted by Gasteiger charge is -2.36. The van der Waals surface area contributed by atoms with Gasteiger partial charge in [-0.3, -0.25) is 9.69 Å². The number of carboxylic acids is 2. The number of amides is 3. The lowest BCUT2D eigenvalue weighted by molar-refractivity contribution is -0.193. The molecule has 0 aromatic heterocycles. The molecule has 0 atom stereocenters. The van der Waals surface area contributed by atoms with Crippen molar-refractivity contribution in [2.24, 2.45) is 11.5 Å². The van der Waals surface area contributed by atoms with E-state index >= 15 is 0 Å². The monoisotopic (exact) mass is 962 g/mol. The topological polar surface area (TPSA) is 167 Å². The highest BCUT2D eigenvalue weighted by atomic mass is 79.9. The van der Waals surface area contributed by atoms with Crippen molar-refractivity contribution in [2.75, 3.05) is 26.2 Å². The van der Waals surface area contributed by atoms with E-state index in [1.165, 1.54) is 4.90 Å². The predicted molar refractivity (Wildman–Crippen MR) is 182 cm³/mol. The van der Waals surface area contributed by atoms with Gasteiger partial charge in [0.15, 0.2) is 0 Å². The maximum atomic E-state index is 14.2. The van der Waals surface area contributed by atoms with Gasteiger partial charge in [0.2, 0.25) is 0 Å². The molecule has 274 valence electrons. The number of rotatable bonds is 12. The van der Waals surface area contributed by atoms with E-state index in [4.69, 9.17) is 31.3 Å². The summed E-state index contributed by atoms with van der Waals surface area (Å²) in [4.78, 5) is 48.9. The molecule has 3 rings (SSSR count). The van der Waals surface area contributed by atoms with Gasteiger partial charge in [-0.15, -0.1) is 0 Å². The quantitative estimate of drug-likeness (QED) is 0.0980. The number of unbranched alkanes of at least 4 members (excludes halogenated alkanes) is 2. The Morgan fingerprint density at radius 3 is 1.29 bits per heavy atom. The van der Waals surface area contributed by atoms with Crippen LogP contribution in [0.15, 0.2) is 54.3 Å². The summed E-state index contributed by atoms with van der Waals surface area (Å²) >= 11 is 14.3. The van der Waals surface area contributed by atoms with Crippen LogP contribution in [0.25, 0.3) is 0 Å². The normalized spacial score (nSPS) is 14.2. The molecule has 10 nitrogen and oxygen atoms in total. The van der Waals surface area contributed by atoms with Gasteiger partial charge >= 0.3 is 30.3 Å². The third-order valence-electron chi connectivity index (χ3n) is 6.62. The molecular formula is C29H32Br4F6N4O6. The number of nitrogens with zero attached hydrogens (tertiary/aromatic N) is 2. The minimum atomic E-state index is -5.08. The summed E-state index contributed by atoms with van der Waals surface area (Å²) in [5.74, 6) is -5.67. The first-order valence-electron chi connectivity index (χ1n) is 14.1. The van der Waals surface area contributed by atoms with Gasteiger partial charge in [-0.05, 0) is 86.3 Å². The van der Waals surface area contributed by atoms with E-state index in [1.807, 2.05) is 36.4 Å². The minimum absolute atomic E-state index is 0.153. The Balaban J connectivity index is 0.000000717. The first kappa shape index (κ1) is 44.8. The van der Waals surface area contributed by atoms with E-state index in [9.17, 15) is 35.9 Å². The van der Waals surface area contributed by atoms with Crippen molar-refractivity contribution >= 4 is 87.6 Å². The molecule has 1 heterocycles. The molecule has 0 unspecified atom stereocenters. The molecule has 6 N–H and O–H groups in total. The van der Waals surface area contributed by atoms with Gasteiger partial charge in [0.1, 0.15) is 5.54 Å². The van der Waals surface area contributed by atoms with E-state index < -0.39 is 29.8 Å². The Kier molecular flexibility index (Phi) is 18.2. The Labute approximate surface area is 311 Å². The average molecular weight is 966 g/mol. The number of aliphatic carboxylic acids is 2. The van der Waals surface area contributed by atoms with Crippen molar-refractivity contribution in [2.45, 2.75) is 56.4 Å². The second kappa shape index (κ2) is 20.0. The molecule has 3 amide bonds. The zero-order valence-corrected chi connectivity index (χ0v) is 31.7. The van der Waals surface area contributed by atoms with Gasteiger partial charge in [0.05, 0.1) is 0 Å². The van der Waals surface area contributed by atoms with E-state index in [2.05, 4.69) is 63.7 Å². The number of carbonyl (C=O) groups excluding carboxylic acids is 2. The first-order valence-corrected chi connectivity index (χ1v) is 17.3. The number of carbonyl (C=O) groups is 4. The molecule has 20 heteroatoms. The number of carboxylic acid groups (broad SMARTS) is 2. The summed E-state index contributed by atoms with van der Waals surface area (Å²) in [7, 11) is 0. The summed E-state index contributed by atoms with van der Waals surface area (Å²) in [5.41, 5.74) is 12.3. The summed E-state index contributed by atoms with van der Waals surface area (Å²) in [5, 5.41) is 14.2. The third kappa shape index (κ3) is 14.5. The largest absolute Gasteiger partial charge is 0.490 e. The molecule has 0 saturated carbocycles. The van der Waals surface area contributed by atoms with E-state index in [0.717, 1.165) is 48.3 Å². The minimum Gasteiger partial charge on any atom is -0.475 e. The molecule has 1 aliphatic heterocycles. The Bertz CT molecular complexity index is 1350. The molecular weight excluding hydrogens is 934 g/mol. The van der Waals surface area contributed by atoms with Crippen LogP contribution in [0, 0.1) is 0 Å². The number of nitrogens with two attached hydrogens (primary N) is 2. The predicted octanol–water partition coefficient (Wildman–Crippen LogP) is 7.27. The fourth-order valence-corrected chi connectivity index (χ4v) is 7.40. The van der Waals surface area contributed by atoms with Crippen molar-refractivity contribution in [3.63, 3.8) is 0 Å². The zero-order chi connectivity index (χ0) is 37.7. The molecule has 49 heavy (non-hydrogen) atoms. The van der Waals surface area contributed by atoms with Crippen molar-refractivity contribution in [1.29, 1.82) is 0 Å². The highest BCUT2D eigenvalue weighted by molar-refractivity contribution is 9.11. The van der Waals surface area contributed by atoms with E-state index in [0.29, 0.717) is 45.4 Å². The summed E-state index contributed by atoms with van der Waals surface area (Å²) in [6.07, 6.45) is -6.41. The number of hydrogen-bond donors (Lipinski definition) is 4. The third-order valence-corrected chi connectivity index (χ3v) is 8.45. The standard InChI is InChI=1S/C25H30Br4N4O2.2C2HF3O2/c26-19-9-17(10-20(27)13-19)15-25(16-18-11-21(28)14-22(29)12-18)23(34)32(7-3-1-5-30)24(35)33(25)8-4-2-6-31;2*3-2(4,5)1(6)7/h9-14H,1-8,15-16,30-31H2;2*(H,6,7). The number of benzene rings is 2. The molecule has 0 aliphatic carbocycles. The molecule has 1 aliphatic rings.